The molecule has 7 nitrogen and oxygen atoms in total. The van der Waals surface area contributed by atoms with Gasteiger partial charge in [0.15, 0.2) is 5.75 Å². The van der Waals surface area contributed by atoms with E-state index in [1.54, 1.807) is 31.2 Å². The summed E-state index contributed by atoms with van der Waals surface area (Å²) in [6.45, 7) is 1.63. The number of anilines is 1. The van der Waals surface area contributed by atoms with Gasteiger partial charge in [-0.2, -0.15) is 0 Å². The van der Waals surface area contributed by atoms with Gasteiger partial charge in [-0.25, -0.2) is 4.79 Å². The molecule has 172 valence electrons. The van der Waals surface area contributed by atoms with Crippen LogP contribution >= 0.6 is 34.8 Å². The summed E-state index contributed by atoms with van der Waals surface area (Å²) in [5, 5.41) is 23.7. The van der Waals surface area contributed by atoms with Crippen LogP contribution in [0.15, 0.2) is 54.6 Å². The largest absolute Gasteiger partial charge is 0.508 e. The molecule has 0 aliphatic heterocycles. The Morgan fingerprint density at radius 3 is 2.24 bits per heavy atom. The fourth-order valence-electron chi connectivity index (χ4n) is 2.89. The number of phenolic OH excluding ortho intramolecular Hbond substituents is 1. The summed E-state index contributed by atoms with van der Waals surface area (Å²) < 4.78 is 10.5. The summed E-state index contributed by atoms with van der Waals surface area (Å²) in [5.74, 6) is -1.88. The van der Waals surface area contributed by atoms with Crippen molar-refractivity contribution in [1.29, 1.82) is 0 Å². The average molecular weight is 511 g/mol. The Bertz CT molecular complexity index is 1160. The van der Waals surface area contributed by atoms with Crippen LogP contribution in [0.3, 0.4) is 0 Å². The van der Waals surface area contributed by atoms with Crippen molar-refractivity contribution in [3.63, 3.8) is 0 Å². The number of aliphatic hydroxyl groups excluding tert-OH is 1. The highest BCUT2D eigenvalue weighted by Gasteiger charge is 2.21. The monoisotopic (exact) mass is 509 g/mol. The van der Waals surface area contributed by atoms with E-state index in [-0.39, 0.29) is 45.2 Å². The van der Waals surface area contributed by atoms with E-state index in [4.69, 9.17) is 39.5 Å². The van der Waals surface area contributed by atoms with Crippen LogP contribution in [0.5, 0.6) is 17.2 Å². The topological polar surface area (TPSA) is 105 Å². The number of esters is 1. The van der Waals surface area contributed by atoms with Crippen LogP contribution in [0.1, 0.15) is 24.2 Å². The molecule has 1 unspecified atom stereocenters. The summed E-state index contributed by atoms with van der Waals surface area (Å²) in [6.07, 6.45) is -1.15. The molecule has 3 rings (SSSR count). The Hall–Kier alpha value is -2.97. The number of aromatic hydroxyl groups is 1. The predicted molar refractivity (Wildman–Crippen MR) is 125 cm³/mol. The minimum atomic E-state index is -1.15. The molecular weight excluding hydrogens is 493 g/mol. The number of nitrogens with one attached hydrogen (secondary N) is 1. The number of hydrogen-bond donors (Lipinski definition) is 3. The fraction of sp³-hybridized carbons (Fsp3) is 0.130. The van der Waals surface area contributed by atoms with Crippen molar-refractivity contribution in [3.05, 3.63) is 80.8 Å². The first-order chi connectivity index (χ1) is 15.7. The van der Waals surface area contributed by atoms with Crippen molar-refractivity contribution in [3.8, 4) is 17.2 Å². The third kappa shape index (κ3) is 6.09. The van der Waals surface area contributed by atoms with Crippen LogP contribution in [0.4, 0.5) is 5.69 Å². The summed E-state index contributed by atoms with van der Waals surface area (Å²) in [6, 6.07) is 13.4. The number of hydrogen-bond acceptors (Lipinski definition) is 6. The lowest BCUT2D eigenvalue weighted by molar-refractivity contribution is -0.152. The van der Waals surface area contributed by atoms with Crippen molar-refractivity contribution < 1.29 is 29.3 Å². The molecule has 3 aromatic rings. The number of amides is 1. The second kappa shape index (κ2) is 10.8. The molecule has 0 spiro atoms. The highest BCUT2D eigenvalue weighted by Crippen LogP contribution is 2.42. The van der Waals surface area contributed by atoms with Gasteiger partial charge in [-0.1, -0.05) is 46.9 Å². The van der Waals surface area contributed by atoms with Crippen LogP contribution in [0, 0.1) is 0 Å². The zero-order chi connectivity index (χ0) is 24.1. The quantitative estimate of drug-likeness (QED) is 0.289. The second-order valence-corrected chi connectivity index (χ2v) is 7.97. The Kier molecular flexibility index (Phi) is 8.05. The molecular formula is C23H18Cl3NO6. The Morgan fingerprint density at radius 1 is 1.00 bits per heavy atom. The normalized spacial score (nSPS) is 11.5. The van der Waals surface area contributed by atoms with Gasteiger partial charge in [0, 0.05) is 16.3 Å². The van der Waals surface area contributed by atoms with E-state index in [9.17, 15) is 19.8 Å². The highest BCUT2D eigenvalue weighted by atomic mass is 35.5. The first kappa shape index (κ1) is 24.7. The van der Waals surface area contributed by atoms with Crippen LogP contribution in [-0.4, -0.2) is 28.7 Å². The minimum Gasteiger partial charge on any atom is -0.508 e. The van der Waals surface area contributed by atoms with Crippen LogP contribution < -0.4 is 10.1 Å². The minimum absolute atomic E-state index is 0.0293. The third-order valence-corrected chi connectivity index (χ3v) is 5.22. The number of ether oxygens (including phenoxy) is 2. The molecule has 0 bridgehead atoms. The number of rotatable bonds is 6. The molecule has 3 N–H and O–H groups in total. The van der Waals surface area contributed by atoms with E-state index >= 15 is 0 Å². The van der Waals surface area contributed by atoms with Gasteiger partial charge in [-0.3, -0.25) is 4.79 Å². The smallest absolute Gasteiger partial charge is 0.397 e. The van der Waals surface area contributed by atoms with E-state index in [1.165, 1.54) is 30.3 Å². The maximum absolute atomic E-state index is 11.8. The van der Waals surface area contributed by atoms with Gasteiger partial charge in [-0.05, 0) is 55.0 Å². The lowest BCUT2D eigenvalue weighted by Gasteiger charge is -2.18. The number of carbonyl (C=O) groups is 2. The van der Waals surface area contributed by atoms with Gasteiger partial charge in [0.25, 0.3) is 0 Å². The molecule has 0 radical (unpaired) electrons. The lowest BCUT2D eigenvalue weighted by Crippen LogP contribution is -2.24. The summed E-state index contributed by atoms with van der Waals surface area (Å²) in [7, 11) is 0. The van der Waals surface area contributed by atoms with Crippen molar-refractivity contribution in [2.45, 2.75) is 13.0 Å². The van der Waals surface area contributed by atoms with Gasteiger partial charge in [0.1, 0.15) is 17.6 Å². The van der Waals surface area contributed by atoms with E-state index in [2.05, 4.69) is 10.1 Å². The molecule has 33 heavy (non-hydrogen) atoms. The maximum Gasteiger partial charge on any atom is 0.397 e. The molecule has 0 aliphatic rings. The zero-order valence-electron chi connectivity index (χ0n) is 17.1. The third-order valence-electron chi connectivity index (χ3n) is 4.40. The Balaban J connectivity index is 1.90. The SMILES string of the molecule is CCOC(=O)C(=O)Nc1cc(Cl)c(Oc2ccc(O)cc2C(O)c2ccc(Cl)cc2)c(Cl)c1. The fourth-order valence-corrected chi connectivity index (χ4v) is 3.58. The molecule has 0 heterocycles. The maximum atomic E-state index is 11.8. The van der Waals surface area contributed by atoms with Crippen LogP contribution in [0.2, 0.25) is 15.1 Å². The second-order valence-electron chi connectivity index (χ2n) is 6.72. The van der Waals surface area contributed by atoms with Crippen LogP contribution in [-0.2, 0) is 14.3 Å². The Morgan fingerprint density at radius 2 is 1.64 bits per heavy atom. The highest BCUT2D eigenvalue weighted by molar-refractivity contribution is 6.39. The molecule has 1 amide bonds. The molecule has 0 saturated carbocycles. The number of benzene rings is 3. The van der Waals surface area contributed by atoms with E-state index in [0.717, 1.165) is 0 Å². The standard InChI is InChI=1S/C23H18Cl3NO6/c1-2-32-23(31)22(30)27-14-9-17(25)21(18(26)10-14)33-19-8-7-15(28)11-16(19)20(29)12-3-5-13(24)6-4-12/h3-11,20,28-29H,2H2,1H3,(H,27,30). The van der Waals surface area contributed by atoms with Crippen molar-refractivity contribution in [2.75, 3.05) is 11.9 Å². The van der Waals surface area contributed by atoms with E-state index in [0.29, 0.717) is 10.6 Å². The molecule has 1 atom stereocenters. The number of halogens is 3. The van der Waals surface area contributed by atoms with Crippen LogP contribution in [0.25, 0.3) is 0 Å². The first-order valence-electron chi connectivity index (χ1n) is 9.61. The van der Waals surface area contributed by atoms with Gasteiger partial charge in [-0.15, -0.1) is 0 Å². The molecule has 0 aliphatic carbocycles. The van der Waals surface area contributed by atoms with Crippen molar-refractivity contribution in [1.82, 2.24) is 0 Å². The number of phenols is 1. The van der Waals surface area contributed by atoms with Crippen molar-refractivity contribution >= 4 is 52.4 Å². The summed E-state index contributed by atoms with van der Waals surface area (Å²) in [5.41, 5.74) is 0.927. The van der Waals surface area contributed by atoms with Gasteiger partial charge in [0.2, 0.25) is 0 Å². The molecule has 0 fully saturated rings. The Labute approximate surface area is 204 Å². The summed E-state index contributed by atoms with van der Waals surface area (Å²) >= 11 is 18.5. The van der Waals surface area contributed by atoms with Gasteiger partial charge in [0.05, 0.1) is 16.7 Å². The van der Waals surface area contributed by atoms with Gasteiger partial charge >= 0.3 is 11.9 Å². The number of aliphatic hydroxyl groups is 1. The first-order valence-corrected chi connectivity index (χ1v) is 10.7. The molecule has 0 saturated heterocycles. The molecule has 10 heteroatoms. The van der Waals surface area contributed by atoms with Gasteiger partial charge < -0.3 is 25.0 Å². The van der Waals surface area contributed by atoms with E-state index < -0.39 is 18.0 Å². The summed E-state index contributed by atoms with van der Waals surface area (Å²) in [4.78, 5) is 23.4. The van der Waals surface area contributed by atoms with E-state index in [1.807, 2.05) is 0 Å². The zero-order valence-corrected chi connectivity index (χ0v) is 19.4. The molecule has 0 aromatic heterocycles. The average Bonchev–Trinajstić information content (AvgIpc) is 2.77. The predicted octanol–water partition coefficient (Wildman–Crippen LogP) is 5.73. The molecule has 3 aromatic carbocycles. The van der Waals surface area contributed by atoms with Crippen molar-refractivity contribution in [2.24, 2.45) is 0 Å². The number of carbonyl (C=O) groups excluding carboxylic acids is 2. The lowest BCUT2D eigenvalue weighted by atomic mass is 10.0.